The summed E-state index contributed by atoms with van der Waals surface area (Å²) in [5.41, 5.74) is 2.50. The van der Waals surface area contributed by atoms with Gasteiger partial charge < -0.3 is 9.84 Å². The predicted molar refractivity (Wildman–Crippen MR) is 73.4 cm³/mol. The first-order valence-electron chi connectivity index (χ1n) is 6.87. The van der Waals surface area contributed by atoms with Crippen LogP contribution in [0.5, 0.6) is 5.75 Å². The van der Waals surface area contributed by atoms with Gasteiger partial charge in [0.1, 0.15) is 11.8 Å². The summed E-state index contributed by atoms with van der Waals surface area (Å²) in [5.74, 6) is 0.137. The quantitative estimate of drug-likeness (QED) is 0.885. The number of carbonyl (C=O) groups is 1. The largest absolute Gasteiger partial charge is 0.494 e. The van der Waals surface area contributed by atoms with Gasteiger partial charge in [0.05, 0.1) is 6.61 Å². The number of nitrogens with zero attached hydrogens (tertiary/aromatic N) is 1. The number of hydrogen-bond donors (Lipinski definition) is 1. The van der Waals surface area contributed by atoms with Gasteiger partial charge in [-0.2, -0.15) is 0 Å². The Morgan fingerprint density at radius 2 is 2.21 bits per heavy atom. The van der Waals surface area contributed by atoms with Gasteiger partial charge in [-0.25, -0.2) is 0 Å². The Balaban J connectivity index is 2.17. The molecule has 0 saturated carbocycles. The molecule has 4 nitrogen and oxygen atoms in total. The fourth-order valence-corrected chi connectivity index (χ4v) is 2.67. The Kier molecular flexibility index (Phi) is 4.43. The third-order valence-corrected chi connectivity index (χ3v) is 3.64. The Labute approximate surface area is 114 Å². The van der Waals surface area contributed by atoms with E-state index in [4.69, 9.17) is 4.74 Å². The van der Waals surface area contributed by atoms with Crippen LogP contribution in [0.15, 0.2) is 18.2 Å². The molecule has 1 aromatic carbocycles. The number of carboxylic acids is 1. The zero-order valence-corrected chi connectivity index (χ0v) is 11.6. The maximum atomic E-state index is 11.2. The van der Waals surface area contributed by atoms with Crippen molar-refractivity contribution < 1.29 is 14.6 Å². The van der Waals surface area contributed by atoms with Crippen LogP contribution in [0.1, 0.15) is 31.4 Å². The lowest BCUT2D eigenvalue weighted by Gasteiger charge is -2.33. The Bertz CT molecular complexity index is 459. The topological polar surface area (TPSA) is 49.8 Å². The smallest absolute Gasteiger partial charge is 0.320 e. The highest BCUT2D eigenvalue weighted by Gasteiger charge is 2.27. The van der Waals surface area contributed by atoms with E-state index in [1.54, 1.807) is 0 Å². The molecule has 1 N–H and O–H groups in total. The molecule has 0 bridgehead atoms. The third kappa shape index (κ3) is 3.07. The highest BCUT2D eigenvalue weighted by atomic mass is 16.5. The molecule has 2 rings (SSSR count). The second-order valence-electron chi connectivity index (χ2n) is 4.85. The van der Waals surface area contributed by atoms with Crippen molar-refractivity contribution in [1.82, 2.24) is 4.90 Å². The summed E-state index contributed by atoms with van der Waals surface area (Å²) in [4.78, 5) is 13.3. The maximum absolute atomic E-state index is 11.2. The summed E-state index contributed by atoms with van der Waals surface area (Å²) in [5, 5.41) is 9.25. The lowest BCUT2D eigenvalue weighted by Crippen LogP contribution is -2.43. The van der Waals surface area contributed by atoms with Crippen molar-refractivity contribution in [3.05, 3.63) is 29.3 Å². The highest BCUT2D eigenvalue weighted by molar-refractivity contribution is 5.73. The number of benzene rings is 1. The van der Waals surface area contributed by atoms with Crippen molar-refractivity contribution in [2.24, 2.45) is 0 Å². The number of aliphatic carboxylic acids is 1. The summed E-state index contributed by atoms with van der Waals surface area (Å²) in [6.45, 7) is 6.04. The molecule has 0 saturated heterocycles. The first kappa shape index (κ1) is 13.9. The molecular formula is C15H21NO3. The van der Waals surface area contributed by atoms with Crippen molar-refractivity contribution in [2.45, 2.75) is 39.3 Å². The molecule has 1 aliphatic heterocycles. The van der Waals surface area contributed by atoms with Crippen LogP contribution < -0.4 is 4.74 Å². The standard InChI is InChI=1S/C15H21NO3/c1-3-14(15(17)18)16-8-7-11-5-6-13(19-4-2)9-12(11)10-16/h5-6,9,14H,3-4,7-8,10H2,1-2H3,(H,17,18)/t14-/m0/s1. The zero-order valence-electron chi connectivity index (χ0n) is 11.6. The summed E-state index contributed by atoms with van der Waals surface area (Å²) >= 11 is 0. The van der Waals surface area contributed by atoms with Crippen LogP contribution in [0, 0.1) is 0 Å². The van der Waals surface area contributed by atoms with Crippen molar-refractivity contribution in [1.29, 1.82) is 0 Å². The number of rotatable bonds is 5. The van der Waals surface area contributed by atoms with E-state index in [1.165, 1.54) is 11.1 Å². The molecule has 1 heterocycles. The van der Waals surface area contributed by atoms with Gasteiger partial charge in [-0.05, 0) is 43.0 Å². The van der Waals surface area contributed by atoms with Crippen LogP contribution in [-0.4, -0.2) is 35.2 Å². The molecule has 104 valence electrons. The molecule has 19 heavy (non-hydrogen) atoms. The molecule has 0 fully saturated rings. The van der Waals surface area contributed by atoms with Crippen molar-refractivity contribution in [2.75, 3.05) is 13.2 Å². The molecule has 1 aliphatic rings. The molecular weight excluding hydrogens is 242 g/mol. The van der Waals surface area contributed by atoms with Gasteiger partial charge in [0, 0.05) is 13.1 Å². The first-order chi connectivity index (χ1) is 9.15. The molecule has 0 radical (unpaired) electrons. The van der Waals surface area contributed by atoms with Gasteiger partial charge in [-0.1, -0.05) is 13.0 Å². The van der Waals surface area contributed by atoms with Crippen LogP contribution in [0.25, 0.3) is 0 Å². The van der Waals surface area contributed by atoms with Crippen molar-refractivity contribution >= 4 is 5.97 Å². The monoisotopic (exact) mass is 263 g/mol. The van der Waals surface area contributed by atoms with Crippen LogP contribution in [0.3, 0.4) is 0 Å². The van der Waals surface area contributed by atoms with E-state index < -0.39 is 5.97 Å². The van der Waals surface area contributed by atoms with E-state index in [0.717, 1.165) is 18.7 Å². The van der Waals surface area contributed by atoms with Gasteiger partial charge in [0.25, 0.3) is 0 Å². The summed E-state index contributed by atoms with van der Waals surface area (Å²) in [7, 11) is 0. The molecule has 0 spiro atoms. The second-order valence-corrected chi connectivity index (χ2v) is 4.85. The fourth-order valence-electron chi connectivity index (χ4n) is 2.67. The highest BCUT2D eigenvalue weighted by Crippen LogP contribution is 2.25. The molecule has 0 unspecified atom stereocenters. The average molecular weight is 263 g/mol. The van der Waals surface area contributed by atoms with E-state index in [9.17, 15) is 9.90 Å². The van der Waals surface area contributed by atoms with Crippen LogP contribution in [-0.2, 0) is 17.8 Å². The van der Waals surface area contributed by atoms with E-state index in [0.29, 0.717) is 19.6 Å². The third-order valence-electron chi connectivity index (χ3n) is 3.64. The minimum atomic E-state index is -0.730. The van der Waals surface area contributed by atoms with Crippen LogP contribution in [0.4, 0.5) is 0 Å². The molecule has 1 aromatic rings. The summed E-state index contributed by atoms with van der Waals surface area (Å²) in [6, 6.07) is 5.75. The fraction of sp³-hybridized carbons (Fsp3) is 0.533. The summed E-state index contributed by atoms with van der Waals surface area (Å²) in [6.07, 6.45) is 1.54. The van der Waals surface area contributed by atoms with Gasteiger partial charge in [0.15, 0.2) is 0 Å². The lowest BCUT2D eigenvalue weighted by atomic mass is 9.97. The number of ether oxygens (including phenoxy) is 1. The van der Waals surface area contributed by atoms with Gasteiger partial charge in [-0.15, -0.1) is 0 Å². The van der Waals surface area contributed by atoms with E-state index in [2.05, 4.69) is 6.07 Å². The maximum Gasteiger partial charge on any atom is 0.320 e. The van der Waals surface area contributed by atoms with Crippen LogP contribution in [0.2, 0.25) is 0 Å². The van der Waals surface area contributed by atoms with Crippen molar-refractivity contribution in [3.8, 4) is 5.75 Å². The SMILES string of the molecule is CCOc1ccc2c(c1)CN([C@@H](CC)C(=O)O)CC2. The second kappa shape index (κ2) is 6.06. The lowest BCUT2D eigenvalue weighted by molar-refractivity contribution is -0.143. The summed E-state index contributed by atoms with van der Waals surface area (Å²) < 4.78 is 5.51. The molecule has 4 heteroatoms. The zero-order chi connectivity index (χ0) is 13.8. The van der Waals surface area contributed by atoms with Gasteiger partial charge >= 0.3 is 5.97 Å². The molecule has 0 aromatic heterocycles. The number of fused-ring (bicyclic) bond motifs is 1. The molecule has 1 atom stereocenters. The Morgan fingerprint density at radius 1 is 1.42 bits per heavy atom. The Morgan fingerprint density at radius 3 is 2.84 bits per heavy atom. The first-order valence-corrected chi connectivity index (χ1v) is 6.87. The van der Waals surface area contributed by atoms with E-state index in [-0.39, 0.29) is 6.04 Å². The minimum Gasteiger partial charge on any atom is -0.494 e. The molecule has 0 amide bonds. The van der Waals surface area contributed by atoms with E-state index in [1.807, 2.05) is 30.9 Å². The van der Waals surface area contributed by atoms with E-state index >= 15 is 0 Å². The molecule has 0 aliphatic carbocycles. The average Bonchev–Trinajstić information content (AvgIpc) is 2.39. The minimum absolute atomic E-state index is 0.385. The van der Waals surface area contributed by atoms with Gasteiger partial charge in [-0.3, -0.25) is 9.69 Å². The Hall–Kier alpha value is -1.55. The van der Waals surface area contributed by atoms with Crippen LogP contribution >= 0.6 is 0 Å². The predicted octanol–water partition coefficient (Wildman–Crippen LogP) is 2.31. The normalized spacial score (nSPS) is 16.7. The van der Waals surface area contributed by atoms with Gasteiger partial charge in [0.2, 0.25) is 0 Å². The number of hydrogen-bond acceptors (Lipinski definition) is 3. The van der Waals surface area contributed by atoms with Crippen molar-refractivity contribution in [3.63, 3.8) is 0 Å². The number of carboxylic acid groups (broad SMARTS) is 1.